The van der Waals surface area contributed by atoms with E-state index in [2.05, 4.69) is 4.40 Å². The number of likely N-dealkylation sites (N-methyl/N-ethyl adjacent to an activating group) is 1. The third kappa shape index (κ3) is 3.76. The van der Waals surface area contributed by atoms with E-state index in [0.29, 0.717) is 37.3 Å². The molecule has 2 rings (SSSR count). The summed E-state index contributed by atoms with van der Waals surface area (Å²) in [6.07, 6.45) is 0.991. The number of rotatable bonds is 6. The second kappa shape index (κ2) is 7.31. The van der Waals surface area contributed by atoms with Crippen molar-refractivity contribution in [1.82, 2.24) is 9.80 Å². The molecule has 1 atom stereocenters. The number of fused-ring (bicyclic) bond motifs is 1. The number of amidine groups is 1. The lowest BCUT2D eigenvalue weighted by Gasteiger charge is -2.24. The van der Waals surface area contributed by atoms with Crippen LogP contribution in [0.25, 0.3) is 0 Å². The van der Waals surface area contributed by atoms with Gasteiger partial charge in [-0.1, -0.05) is 12.1 Å². The van der Waals surface area contributed by atoms with Crippen LogP contribution in [-0.4, -0.2) is 63.2 Å². The number of carbonyl (C=O) groups excluding carboxylic acids is 1. The van der Waals surface area contributed by atoms with Gasteiger partial charge in [-0.3, -0.25) is 4.79 Å². The van der Waals surface area contributed by atoms with Gasteiger partial charge in [0.05, 0.1) is 0 Å². The third-order valence-corrected chi connectivity index (χ3v) is 5.58. The fraction of sp³-hybridized carbons (Fsp3) is 0.500. The maximum absolute atomic E-state index is 12.1. The van der Waals surface area contributed by atoms with E-state index in [9.17, 15) is 13.2 Å². The van der Waals surface area contributed by atoms with Crippen molar-refractivity contribution in [2.24, 2.45) is 10.1 Å². The quantitative estimate of drug-likeness (QED) is 0.811. The number of nitrogens with zero attached hydrogens (tertiary/aromatic N) is 3. The van der Waals surface area contributed by atoms with E-state index in [-0.39, 0.29) is 16.8 Å². The second-order valence-corrected chi connectivity index (χ2v) is 7.57. The third-order valence-electron chi connectivity index (χ3n) is 4.25. The first kappa shape index (κ1) is 18.4. The molecule has 1 heterocycles. The highest BCUT2D eigenvalue weighted by Gasteiger charge is 2.30. The van der Waals surface area contributed by atoms with Gasteiger partial charge in [-0.15, -0.1) is 4.40 Å². The van der Waals surface area contributed by atoms with Gasteiger partial charge in [-0.25, -0.2) is 0 Å². The predicted octanol–water partition coefficient (Wildman–Crippen LogP) is 0.653. The molecule has 1 aliphatic rings. The average Bonchev–Trinajstić information content (AvgIpc) is 2.85. The number of carbonyl (C=O) groups is 1. The minimum Gasteiger partial charge on any atom is -0.358 e. The zero-order valence-corrected chi connectivity index (χ0v) is 15.1. The van der Waals surface area contributed by atoms with E-state index < -0.39 is 10.0 Å². The van der Waals surface area contributed by atoms with Crippen LogP contribution in [0.3, 0.4) is 0 Å². The van der Waals surface area contributed by atoms with Crippen LogP contribution in [-0.2, 0) is 14.8 Å². The summed E-state index contributed by atoms with van der Waals surface area (Å²) in [7, 11) is -0.0836. The fourth-order valence-electron chi connectivity index (χ4n) is 2.52. The molecule has 1 aliphatic heterocycles. The maximum Gasteiger partial charge on any atom is 0.285 e. The van der Waals surface area contributed by atoms with Crippen LogP contribution < -0.4 is 5.73 Å². The highest BCUT2D eigenvalue weighted by molar-refractivity contribution is 7.90. The van der Waals surface area contributed by atoms with Crippen LogP contribution in [0.15, 0.2) is 33.6 Å². The standard InChI is InChI=1S/C16H24N4O3S/c1-12(11-17)20(3)15(21)9-6-10-19(2)16-13-7-4-5-8-14(13)24(22,23)18-16/h4-5,7-8,12H,6,9-11,17H2,1-3H3. The van der Waals surface area contributed by atoms with E-state index in [0.717, 1.165) is 0 Å². The molecular formula is C16H24N4O3S. The molecule has 0 spiro atoms. The van der Waals surface area contributed by atoms with Crippen LogP contribution in [0.5, 0.6) is 0 Å². The summed E-state index contributed by atoms with van der Waals surface area (Å²) in [6.45, 7) is 2.87. The molecule has 0 aliphatic carbocycles. The van der Waals surface area contributed by atoms with Gasteiger partial charge in [0.1, 0.15) is 10.7 Å². The first-order valence-corrected chi connectivity index (χ1v) is 9.33. The summed E-state index contributed by atoms with van der Waals surface area (Å²) in [5, 5.41) is 0. The van der Waals surface area contributed by atoms with Crippen molar-refractivity contribution >= 4 is 21.8 Å². The molecular weight excluding hydrogens is 328 g/mol. The molecule has 1 unspecified atom stereocenters. The van der Waals surface area contributed by atoms with Gasteiger partial charge in [0.2, 0.25) is 5.91 Å². The lowest BCUT2D eigenvalue weighted by atomic mass is 10.2. The summed E-state index contributed by atoms with van der Waals surface area (Å²) >= 11 is 0. The summed E-state index contributed by atoms with van der Waals surface area (Å²) < 4.78 is 28.0. The number of amides is 1. The Balaban J connectivity index is 1.97. The van der Waals surface area contributed by atoms with Crippen molar-refractivity contribution in [2.45, 2.75) is 30.7 Å². The Morgan fingerprint density at radius 1 is 1.29 bits per heavy atom. The number of benzene rings is 1. The van der Waals surface area contributed by atoms with Crippen LogP contribution in [0, 0.1) is 0 Å². The summed E-state index contributed by atoms with van der Waals surface area (Å²) in [6, 6.07) is 6.78. The summed E-state index contributed by atoms with van der Waals surface area (Å²) in [4.78, 5) is 15.7. The van der Waals surface area contributed by atoms with Crippen molar-refractivity contribution in [3.8, 4) is 0 Å². The van der Waals surface area contributed by atoms with Crippen molar-refractivity contribution in [1.29, 1.82) is 0 Å². The van der Waals surface area contributed by atoms with Crippen LogP contribution in [0.2, 0.25) is 0 Å². The molecule has 0 saturated heterocycles. The topological polar surface area (TPSA) is 96.1 Å². The van der Waals surface area contributed by atoms with Crippen LogP contribution in [0.1, 0.15) is 25.3 Å². The Labute approximate surface area is 143 Å². The molecule has 2 N–H and O–H groups in total. The highest BCUT2D eigenvalue weighted by atomic mass is 32.2. The molecule has 1 aromatic carbocycles. The maximum atomic E-state index is 12.1. The molecule has 1 amide bonds. The normalized spacial score (nSPS) is 16.2. The SMILES string of the molecule is CC(CN)N(C)C(=O)CCCN(C)C1=NS(=O)(=O)c2ccccc21. The van der Waals surface area contributed by atoms with Crippen LogP contribution >= 0.6 is 0 Å². The highest BCUT2D eigenvalue weighted by Crippen LogP contribution is 2.26. The first-order valence-electron chi connectivity index (χ1n) is 7.89. The minimum atomic E-state index is -3.61. The van der Waals surface area contributed by atoms with E-state index in [1.807, 2.05) is 6.92 Å². The van der Waals surface area contributed by atoms with Crippen LogP contribution in [0.4, 0.5) is 0 Å². The monoisotopic (exact) mass is 352 g/mol. The van der Waals surface area contributed by atoms with Gasteiger partial charge >= 0.3 is 0 Å². The minimum absolute atomic E-state index is 0.00598. The first-order chi connectivity index (χ1) is 11.3. The molecule has 24 heavy (non-hydrogen) atoms. The van der Waals surface area contributed by atoms with Gasteiger partial charge < -0.3 is 15.5 Å². The molecule has 0 fully saturated rings. The zero-order valence-electron chi connectivity index (χ0n) is 14.3. The zero-order chi connectivity index (χ0) is 17.9. The Morgan fingerprint density at radius 3 is 2.62 bits per heavy atom. The van der Waals surface area contributed by atoms with E-state index in [1.165, 1.54) is 0 Å². The Hall–Kier alpha value is -1.93. The molecule has 1 aromatic rings. The predicted molar refractivity (Wildman–Crippen MR) is 93.3 cm³/mol. The lowest BCUT2D eigenvalue weighted by Crippen LogP contribution is -2.40. The summed E-state index contributed by atoms with van der Waals surface area (Å²) in [5.41, 5.74) is 6.18. The van der Waals surface area contributed by atoms with Crippen molar-refractivity contribution in [3.05, 3.63) is 29.8 Å². The molecule has 0 saturated carbocycles. The molecule has 0 radical (unpaired) electrons. The smallest absolute Gasteiger partial charge is 0.285 e. The second-order valence-electron chi connectivity index (χ2n) is 6.00. The molecule has 8 heteroatoms. The van der Waals surface area contributed by atoms with Crippen molar-refractivity contribution < 1.29 is 13.2 Å². The number of nitrogens with two attached hydrogens (primary N) is 1. The largest absolute Gasteiger partial charge is 0.358 e. The van der Waals surface area contributed by atoms with Crippen molar-refractivity contribution in [2.75, 3.05) is 27.2 Å². The number of hydrogen-bond donors (Lipinski definition) is 1. The van der Waals surface area contributed by atoms with Gasteiger partial charge in [0.15, 0.2) is 0 Å². The molecule has 0 bridgehead atoms. The molecule has 7 nitrogen and oxygen atoms in total. The Kier molecular flexibility index (Phi) is 5.61. The van der Waals surface area contributed by atoms with E-state index >= 15 is 0 Å². The van der Waals surface area contributed by atoms with Crippen molar-refractivity contribution in [3.63, 3.8) is 0 Å². The van der Waals surface area contributed by atoms with Gasteiger partial charge in [0, 0.05) is 45.2 Å². The fourth-order valence-corrected chi connectivity index (χ4v) is 3.77. The molecule has 0 aromatic heterocycles. The Bertz CT molecular complexity index is 745. The summed E-state index contributed by atoms with van der Waals surface area (Å²) in [5.74, 6) is 0.462. The molecule has 132 valence electrons. The van der Waals surface area contributed by atoms with Gasteiger partial charge in [-0.05, 0) is 25.5 Å². The van der Waals surface area contributed by atoms with E-state index in [1.54, 1.807) is 48.2 Å². The number of sulfonamides is 1. The Morgan fingerprint density at radius 2 is 1.96 bits per heavy atom. The van der Waals surface area contributed by atoms with Gasteiger partial charge in [-0.2, -0.15) is 8.42 Å². The van der Waals surface area contributed by atoms with E-state index in [4.69, 9.17) is 5.73 Å². The lowest BCUT2D eigenvalue weighted by molar-refractivity contribution is -0.131. The van der Waals surface area contributed by atoms with Gasteiger partial charge in [0.25, 0.3) is 10.0 Å². The number of hydrogen-bond acceptors (Lipinski definition) is 5. The average molecular weight is 352 g/mol.